The number of fused-ring (bicyclic) bond motifs is 1. The van der Waals surface area contributed by atoms with Crippen LogP contribution in [0.5, 0.6) is 0 Å². The fourth-order valence-electron chi connectivity index (χ4n) is 4.77. The Bertz CT molecular complexity index is 1350. The first-order valence-corrected chi connectivity index (χ1v) is 12.5. The molecule has 0 bridgehead atoms. The minimum Gasteiger partial charge on any atom is -0.368 e. The van der Waals surface area contributed by atoms with Crippen LogP contribution in [-0.2, 0) is 11.3 Å². The normalized spacial score (nSPS) is 17.0. The van der Waals surface area contributed by atoms with Gasteiger partial charge in [0.1, 0.15) is 12.7 Å². The topological polar surface area (TPSA) is 78.8 Å². The number of likely N-dealkylation sites (tertiary alicyclic amines) is 1. The molecule has 0 spiro atoms. The van der Waals surface area contributed by atoms with Crippen molar-refractivity contribution in [2.24, 2.45) is 0 Å². The van der Waals surface area contributed by atoms with Crippen molar-refractivity contribution in [3.8, 4) is 0 Å². The summed E-state index contributed by atoms with van der Waals surface area (Å²) >= 11 is 6.10. The fourth-order valence-corrected chi connectivity index (χ4v) is 4.95. The number of piperazine rings is 1. The summed E-state index contributed by atoms with van der Waals surface area (Å²) in [5.74, 6) is -0.339. The van der Waals surface area contributed by atoms with Crippen LogP contribution in [0.4, 0.5) is 10.1 Å². The van der Waals surface area contributed by atoms with Crippen LogP contribution in [-0.4, -0.2) is 76.6 Å². The highest BCUT2D eigenvalue weighted by Crippen LogP contribution is 2.22. The second-order valence-corrected chi connectivity index (χ2v) is 9.66. The van der Waals surface area contributed by atoms with Gasteiger partial charge in [0.25, 0.3) is 11.5 Å². The molecule has 2 aromatic carbocycles. The molecule has 2 fully saturated rings. The molecule has 0 aliphatic carbocycles. The molecule has 2 amide bonds. The van der Waals surface area contributed by atoms with E-state index < -0.39 is 6.17 Å². The van der Waals surface area contributed by atoms with Gasteiger partial charge in [-0.15, -0.1) is 0 Å². The van der Waals surface area contributed by atoms with Crippen molar-refractivity contribution in [1.29, 1.82) is 0 Å². The first-order valence-electron chi connectivity index (χ1n) is 12.1. The molecule has 1 aromatic heterocycles. The Morgan fingerprint density at radius 2 is 1.72 bits per heavy atom. The van der Waals surface area contributed by atoms with Crippen LogP contribution in [0, 0.1) is 0 Å². The molecule has 2 aliphatic rings. The molecule has 10 heteroatoms. The third-order valence-electron chi connectivity index (χ3n) is 6.90. The van der Waals surface area contributed by atoms with Crippen molar-refractivity contribution >= 4 is 40.0 Å². The largest absolute Gasteiger partial charge is 0.368 e. The van der Waals surface area contributed by atoms with Gasteiger partial charge in [-0.1, -0.05) is 17.7 Å². The van der Waals surface area contributed by atoms with Crippen molar-refractivity contribution < 1.29 is 14.0 Å². The Kier molecular flexibility index (Phi) is 6.91. The summed E-state index contributed by atoms with van der Waals surface area (Å²) in [5.41, 5.74) is 1.56. The van der Waals surface area contributed by atoms with E-state index in [9.17, 15) is 18.8 Å². The van der Waals surface area contributed by atoms with E-state index in [1.807, 2.05) is 24.3 Å². The number of carbonyl (C=O) groups excluding carboxylic acids is 2. The lowest BCUT2D eigenvalue weighted by Gasteiger charge is -2.36. The summed E-state index contributed by atoms with van der Waals surface area (Å²) in [4.78, 5) is 48.6. The number of nitrogens with zero attached hydrogens (tertiary/aromatic N) is 5. The van der Waals surface area contributed by atoms with Gasteiger partial charge in [-0.05, 0) is 49.2 Å². The molecule has 3 aromatic rings. The van der Waals surface area contributed by atoms with E-state index >= 15 is 0 Å². The number of benzene rings is 2. The van der Waals surface area contributed by atoms with E-state index in [-0.39, 0.29) is 23.9 Å². The van der Waals surface area contributed by atoms with E-state index in [1.165, 1.54) is 10.9 Å². The maximum absolute atomic E-state index is 13.4. The molecule has 0 saturated carbocycles. The third-order valence-corrected chi connectivity index (χ3v) is 7.13. The molecular weight excluding hydrogens is 485 g/mol. The fraction of sp³-hybridized carbons (Fsp3) is 0.385. The van der Waals surface area contributed by atoms with Gasteiger partial charge in [0.05, 0.1) is 17.2 Å². The summed E-state index contributed by atoms with van der Waals surface area (Å²) in [6, 6.07) is 12.5. The Morgan fingerprint density at radius 1 is 0.972 bits per heavy atom. The molecule has 188 valence electrons. The average Bonchev–Trinajstić information content (AvgIpc) is 2.90. The lowest BCUT2D eigenvalue weighted by molar-refractivity contribution is -0.133. The monoisotopic (exact) mass is 511 g/mol. The van der Waals surface area contributed by atoms with Gasteiger partial charge in [0.15, 0.2) is 0 Å². The number of carbonyl (C=O) groups is 2. The molecule has 36 heavy (non-hydrogen) atoms. The number of alkyl halides is 1. The van der Waals surface area contributed by atoms with Crippen LogP contribution in [0.1, 0.15) is 23.2 Å². The van der Waals surface area contributed by atoms with E-state index in [1.54, 1.807) is 28.0 Å². The van der Waals surface area contributed by atoms with Gasteiger partial charge >= 0.3 is 0 Å². The zero-order valence-electron chi connectivity index (χ0n) is 19.8. The maximum Gasteiger partial charge on any atom is 0.261 e. The Balaban J connectivity index is 1.26. The summed E-state index contributed by atoms with van der Waals surface area (Å²) < 4.78 is 14.6. The standard InChI is InChI=1S/C26H27ClFN5O3/c27-19-2-1-3-21(15-19)30-10-12-32(13-11-30)25(35)18-4-5-22-23(14-18)29-17-33(26(22)36)16-24(34)31-8-6-20(28)7-9-31/h1-5,14-15,17,20H,6-13,16H2. The quantitative estimate of drug-likeness (QED) is 0.538. The van der Waals surface area contributed by atoms with Crippen LogP contribution < -0.4 is 10.5 Å². The number of piperidine rings is 1. The predicted molar refractivity (Wildman–Crippen MR) is 136 cm³/mol. The Hall–Kier alpha value is -3.46. The van der Waals surface area contributed by atoms with Crippen molar-refractivity contribution in [3.63, 3.8) is 0 Å². The molecule has 0 unspecified atom stereocenters. The smallest absolute Gasteiger partial charge is 0.261 e. The Labute approximate surface area is 212 Å². The lowest BCUT2D eigenvalue weighted by Crippen LogP contribution is -2.48. The van der Waals surface area contributed by atoms with Gasteiger partial charge < -0.3 is 14.7 Å². The minimum absolute atomic E-state index is 0.111. The molecular formula is C26H27ClFN5O3. The first-order chi connectivity index (χ1) is 17.4. The summed E-state index contributed by atoms with van der Waals surface area (Å²) in [5, 5.41) is 1.02. The SMILES string of the molecule is O=C(Cn1cnc2cc(C(=O)N3CCN(c4cccc(Cl)c4)CC3)ccc2c1=O)N1CCC(F)CC1. The van der Waals surface area contributed by atoms with Gasteiger partial charge in [-0.3, -0.25) is 19.0 Å². The average molecular weight is 512 g/mol. The van der Waals surface area contributed by atoms with Crippen molar-refractivity contribution in [1.82, 2.24) is 19.4 Å². The van der Waals surface area contributed by atoms with Crippen LogP contribution in [0.3, 0.4) is 0 Å². The zero-order chi connectivity index (χ0) is 25.2. The van der Waals surface area contributed by atoms with E-state index in [4.69, 9.17) is 11.6 Å². The number of hydrogen-bond donors (Lipinski definition) is 0. The highest BCUT2D eigenvalue weighted by molar-refractivity contribution is 6.30. The second kappa shape index (κ2) is 10.3. The lowest BCUT2D eigenvalue weighted by atomic mass is 10.1. The number of rotatable bonds is 4. The van der Waals surface area contributed by atoms with Crippen molar-refractivity contribution in [3.05, 3.63) is 69.7 Å². The number of anilines is 1. The van der Waals surface area contributed by atoms with E-state index in [2.05, 4.69) is 9.88 Å². The number of hydrogen-bond acceptors (Lipinski definition) is 5. The van der Waals surface area contributed by atoms with Crippen LogP contribution >= 0.6 is 11.6 Å². The molecule has 3 heterocycles. The Morgan fingerprint density at radius 3 is 2.44 bits per heavy atom. The first kappa shape index (κ1) is 24.2. The molecule has 0 atom stereocenters. The maximum atomic E-state index is 13.4. The van der Waals surface area contributed by atoms with Crippen molar-refractivity contribution in [2.75, 3.05) is 44.2 Å². The number of amides is 2. The van der Waals surface area contributed by atoms with E-state index in [0.717, 1.165) is 5.69 Å². The predicted octanol–water partition coefficient (Wildman–Crippen LogP) is 2.97. The number of aromatic nitrogens is 2. The zero-order valence-corrected chi connectivity index (χ0v) is 20.5. The summed E-state index contributed by atoms with van der Waals surface area (Å²) in [6.07, 6.45) is 1.11. The molecule has 0 radical (unpaired) electrons. The van der Waals surface area contributed by atoms with Gasteiger partial charge in [0.2, 0.25) is 5.91 Å². The third kappa shape index (κ3) is 5.06. The summed E-state index contributed by atoms with van der Waals surface area (Å²) in [7, 11) is 0. The van der Waals surface area contributed by atoms with Gasteiger partial charge in [0, 0.05) is 55.5 Å². The van der Waals surface area contributed by atoms with Crippen LogP contribution in [0.2, 0.25) is 5.02 Å². The molecule has 2 saturated heterocycles. The molecule has 2 aliphatic heterocycles. The molecule has 8 nitrogen and oxygen atoms in total. The molecule has 5 rings (SSSR count). The highest BCUT2D eigenvalue weighted by Gasteiger charge is 2.24. The van der Waals surface area contributed by atoms with Crippen LogP contribution in [0.25, 0.3) is 10.9 Å². The van der Waals surface area contributed by atoms with Gasteiger partial charge in [-0.2, -0.15) is 0 Å². The number of halogens is 2. The molecule has 0 N–H and O–H groups in total. The van der Waals surface area contributed by atoms with Gasteiger partial charge in [-0.25, -0.2) is 9.37 Å². The van der Waals surface area contributed by atoms with E-state index in [0.29, 0.717) is 73.6 Å². The summed E-state index contributed by atoms with van der Waals surface area (Å²) in [6.45, 7) is 3.10. The van der Waals surface area contributed by atoms with Crippen LogP contribution in [0.15, 0.2) is 53.6 Å². The highest BCUT2D eigenvalue weighted by atomic mass is 35.5. The second-order valence-electron chi connectivity index (χ2n) is 9.22. The van der Waals surface area contributed by atoms with Crippen molar-refractivity contribution in [2.45, 2.75) is 25.6 Å². The minimum atomic E-state index is -0.872.